The Morgan fingerprint density at radius 3 is 2.94 bits per heavy atom. The molecular weight excluding hydrogens is 220 g/mol. The summed E-state index contributed by atoms with van der Waals surface area (Å²) in [5.41, 5.74) is 2.02. The Labute approximate surface area is 99.2 Å². The first-order valence-corrected chi connectivity index (χ1v) is 5.86. The van der Waals surface area contributed by atoms with Crippen molar-refractivity contribution in [3.8, 4) is 17.0 Å². The van der Waals surface area contributed by atoms with Crippen LogP contribution in [0.1, 0.15) is 4.88 Å². The molecule has 1 heterocycles. The van der Waals surface area contributed by atoms with Crippen LogP contribution < -0.4 is 10.1 Å². The monoisotopic (exact) mass is 234 g/mol. The summed E-state index contributed by atoms with van der Waals surface area (Å²) in [6.45, 7) is 0.854. The lowest BCUT2D eigenvalue weighted by atomic mass is 10.1. The zero-order valence-electron chi connectivity index (χ0n) is 9.36. The van der Waals surface area contributed by atoms with Gasteiger partial charge in [0.25, 0.3) is 0 Å². The normalized spacial score (nSPS) is 10.4. The van der Waals surface area contributed by atoms with Crippen molar-refractivity contribution in [3.63, 3.8) is 0 Å². The summed E-state index contributed by atoms with van der Waals surface area (Å²) in [6.07, 6.45) is 0. The molecule has 0 unspecified atom stereocenters. The number of aromatic nitrogens is 1. The minimum Gasteiger partial charge on any atom is -0.496 e. The highest BCUT2D eigenvalue weighted by atomic mass is 32.1. The summed E-state index contributed by atoms with van der Waals surface area (Å²) in [5.74, 6) is 0.865. The molecule has 1 aromatic carbocycles. The molecule has 2 aromatic rings. The number of nitrogens with zero attached hydrogens (tertiary/aromatic N) is 1. The van der Waals surface area contributed by atoms with E-state index in [0.29, 0.717) is 0 Å². The van der Waals surface area contributed by atoms with Gasteiger partial charge in [-0.15, -0.1) is 0 Å². The van der Waals surface area contributed by atoms with E-state index in [4.69, 9.17) is 4.74 Å². The Bertz CT molecular complexity index is 468. The van der Waals surface area contributed by atoms with Gasteiger partial charge in [0.05, 0.1) is 12.8 Å². The van der Waals surface area contributed by atoms with E-state index >= 15 is 0 Å². The Hall–Kier alpha value is -1.39. The standard InChI is InChI=1S/C12H14N2OS/c1-13-8-9-7-11(14-16-9)10-5-3-4-6-12(10)15-2/h3-7,13H,8H2,1-2H3. The van der Waals surface area contributed by atoms with Crippen molar-refractivity contribution in [2.24, 2.45) is 0 Å². The molecule has 0 amide bonds. The predicted molar refractivity (Wildman–Crippen MR) is 66.9 cm³/mol. The molecule has 0 atom stereocenters. The molecule has 0 fully saturated rings. The maximum Gasteiger partial charge on any atom is 0.128 e. The van der Waals surface area contributed by atoms with Crippen LogP contribution in [-0.4, -0.2) is 18.5 Å². The summed E-state index contributed by atoms with van der Waals surface area (Å²) < 4.78 is 9.75. The van der Waals surface area contributed by atoms with Crippen LogP contribution in [0.2, 0.25) is 0 Å². The van der Waals surface area contributed by atoms with E-state index in [1.807, 2.05) is 31.3 Å². The lowest BCUT2D eigenvalue weighted by Crippen LogP contribution is -2.02. The highest BCUT2D eigenvalue weighted by Gasteiger charge is 2.08. The molecule has 0 aliphatic heterocycles. The number of hydrogen-bond donors (Lipinski definition) is 1. The van der Waals surface area contributed by atoms with Crippen LogP contribution in [0.5, 0.6) is 5.75 Å². The lowest BCUT2D eigenvalue weighted by Gasteiger charge is -2.04. The average molecular weight is 234 g/mol. The Morgan fingerprint density at radius 1 is 1.38 bits per heavy atom. The van der Waals surface area contributed by atoms with Crippen molar-refractivity contribution >= 4 is 11.5 Å². The molecule has 0 bridgehead atoms. The number of para-hydroxylation sites is 1. The van der Waals surface area contributed by atoms with Crippen LogP contribution in [0.15, 0.2) is 30.3 Å². The van der Waals surface area contributed by atoms with Crippen LogP contribution in [0.4, 0.5) is 0 Å². The van der Waals surface area contributed by atoms with Gasteiger partial charge in [0.2, 0.25) is 0 Å². The molecule has 0 saturated carbocycles. The Balaban J connectivity index is 2.34. The van der Waals surface area contributed by atoms with Gasteiger partial charge in [-0.2, -0.15) is 4.37 Å². The van der Waals surface area contributed by atoms with Crippen LogP contribution in [0, 0.1) is 0 Å². The first kappa shape index (κ1) is 11.1. The van der Waals surface area contributed by atoms with E-state index in [0.717, 1.165) is 23.6 Å². The van der Waals surface area contributed by atoms with Crippen molar-refractivity contribution in [2.45, 2.75) is 6.54 Å². The summed E-state index contributed by atoms with van der Waals surface area (Å²) in [6, 6.07) is 10.0. The molecule has 0 spiro atoms. The molecule has 4 heteroatoms. The smallest absolute Gasteiger partial charge is 0.128 e. The van der Waals surface area contributed by atoms with E-state index in [9.17, 15) is 0 Å². The van der Waals surface area contributed by atoms with Crippen molar-refractivity contribution in [3.05, 3.63) is 35.2 Å². The molecule has 3 nitrogen and oxygen atoms in total. The molecule has 0 saturated heterocycles. The number of benzene rings is 1. The van der Waals surface area contributed by atoms with E-state index in [-0.39, 0.29) is 0 Å². The molecule has 16 heavy (non-hydrogen) atoms. The zero-order valence-corrected chi connectivity index (χ0v) is 10.2. The van der Waals surface area contributed by atoms with E-state index in [2.05, 4.69) is 15.8 Å². The van der Waals surface area contributed by atoms with Gasteiger partial charge in [-0.3, -0.25) is 0 Å². The van der Waals surface area contributed by atoms with Gasteiger partial charge in [-0.1, -0.05) is 12.1 Å². The Kier molecular flexibility index (Phi) is 3.54. The number of methoxy groups -OCH3 is 1. The molecule has 84 valence electrons. The molecule has 1 aromatic heterocycles. The quantitative estimate of drug-likeness (QED) is 0.882. The molecule has 0 aliphatic carbocycles. The maximum atomic E-state index is 5.32. The van der Waals surface area contributed by atoms with E-state index in [1.165, 1.54) is 16.4 Å². The SMILES string of the molecule is CNCc1cc(-c2ccccc2OC)ns1. The predicted octanol–water partition coefficient (Wildman–Crippen LogP) is 2.54. The highest BCUT2D eigenvalue weighted by Crippen LogP contribution is 2.30. The first-order chi connectivity index (χ1) is 7.85. The minimum absolute atomic E-state index is 0.854. The van der Waals surface area contributed by atoms with Gasteiger partial charge in [0, 0.05) is 17.0 Å². The number of nitrogens with one attached hydrogen (secondary N) is 1. The molecule has 0 aliphatic rings. The fourth-order valence-electron chi connectivity index (χ4n) is 1.55. The number of ether oxygens (including phenoxy) is 1. The molecule has 1 N–H and O–H groups in total. The fourth-order valence-corrected chi connectivity index (χ4v) is 2.29. The van der Waals surface area contributed by atoms with Crippen LogP contribution >= 0.6 is 11.5 Å². The van der Waals surface area contributed by atoms with Gasteiger partial charge in [0.15, 0.2) is 0 Å². The van der Waals surface area contributed by atoms with Crippen LogP contribution in [0.25, 0.3) is 11.3 Å². The van der Waals surface area contributed by atoms with Crippen molar-refractivity contribution in [1.29, 1.82) is 0 Å². The minimum atomic E-state index is 0.854. The fraction of sp³-hybridized carbons (Fsp3) is 0.250. The van der Waals surface area contributed by atoms with Gasteiger partial charge < -0.3 is 10.1 Å². The number of rotatable bonds is 4. The van der Waals surface area contributed by atoms with Gasteiger partial charge in [-0.25, -0.2) is 0 Å². The van der Waals surface area contributed by atoms with E-state index in [1.54, 1.807) is 7.11 Å². The second-order valence-corrected chi connectivity index (χ2v) is 4.30. The summed E-state index contributed by atoms with van der Waals surface area (Å²) in [7, 11) is 3.61. The van der Waals surface area contributed by atoms with Crippen molar-refractivity contribution in [1.82, 2.24) is 9.69 Å². The van der Waals surface area contributed by atoms with E-state index < -0.39 is 0 Å². The third-order valence-electron chi connectivity index (χ3n) is 2.29. The molecule has 0 radical (unpaired) electrons. The largest absolute Gasteiger partial charge is 0.496 e. The Morgan fingerprint density at radius 2 is 2.19 bits per heavy atom. The summed E-state index contributed by atoms with van der Waals surface area (Å²) >= 11 is 1.52. The molecular formula is C12H14N2OS. The summed E-state index contributed by atoms with van der Waals surface area (Å²) in [4.78, 5) is 1.23. The van der Waals surface area contributed by atoms with Gasteiger partial charge >= 0.3 is 0 Å². The second kappa shape index (κ2) is 5.09. The lowest BCUT2D eigenvalue weighted by molar-refractivity contribution is 0.416. The van der Waals surface area contributed by atoms with Gasteiger partial charge in [-0.05, 0) is 36.8 Å². The first-order valence-electron chi connectivity index (χ1n) is 5.08. The van der Waals surface area contributed by atoms with Crippen LogP contribution in [0.3, 0.4) is 0 Å². The average Bonchev–Trinajstić information content (AvgIpc) is 2.78. The van der Waals surface area contributed by atoms with Crippen LogP contribution in [-0.2, 0) is 6.54 Å². The van der Waals surface area contributed by atoms with Crippen molar-refractivity contribution < 1.29 is 4.74 Å². The second-order valence-electron chi connectivity index (χ2n) is 3.41. The van der Waals surface area contributed by atoms with Crippen molar-refractivity contribution in [2.75, 3.05) is 14.2 Å². The highest BCUT2D eigenvalue weighted by molar-refractivity contribution is 7.06. The third kappa shape index (κ3) is 2.23. The molecule has 2 rings (SSSR count). The maximum absolute atomic E-state index is 5.32. The third-order valence-corrected chi connectivity index (χ3v) is 3.08. The topological polar surface area (TPSA) is 34.1 Å². The zero-order chi connectivity index (χ0) is 11.4. The summed E-state index contributed by atoms with van der Waals surface area (Å²) in [5, 5.41) is 3.12. The number of hydrogen-bond acceptors (Lipinski definition) is 4. The van der Waals surface area contributed by atoms with Gasteiger partial charge in [0.1, 0.15) is 5.75 Å².